The number of nitrogens with one attached hydrogen (secondary N) is 1. The molecule has 0 unspecified atom stereocenters. The molecule has 1 N–H and O–H groups in total. The van der Waals surface area contributed by atoms with Gasteiger partial charge in [-0.05, 0) is 25.0 Å². The lowest BCUT2D eigenvalue weighted by molar-refractivity contribution is -0.131. The summed E-state index contributed by atoms with van der Waals surface area (Å²) in [7, 11) is 0. The Balaban J connectivity index is 1.51. The van der Waals surface area contributed by atoms with Crippen molar-refractivity contribution in [3.63, 3.8) is 0 Å². The number of carbonyl (C=O) groups excluding carboxylic acids is 2. The fraction of sp³-hybridized carbons (Fsp3) is 0.273. The minimum Gasteiger partial charge on any atom is -0.346 e. The maximum atomic E-state index is 14.6. The topological polar surface area (TPSA) is 80.1 Å². The molecule has 2 aromatic carbocycles. The Morgan fingerprint density at radius 1 is 1.03 bits per heavy atom. The number of nitrogens with zero attached hydrogens (tertiary/aromatic N) is 4. The molecular weight excluding hydrogens is 436 g/mol. The van der Waals surface area contributed by atoms with Crippen LogP contribution in [0.2, 0.25) is 0 Å². The molecule has 7 nitrogen and oxygen atoms in total. The second-order valence-corrected chi connectivity index (χ2v) is 8.20. The van der Waals surface area contributed by atoms with Crippen LogP contribution in [-0.2, 0) is 9.59 Å². The van der Waals surface area contributed by atoms with Crippen LogP contribution in [0.1, 0.15) is 12.8 Å². The second kappa shape index (κ2) is 9.90. The van der Waals surface area contributed by atoms with Gasteiger partial charge in [0.05, 0.1) is 18.0 Å². The van der Waals surface area contributed by atoms with E-state index in [0.29, 0.717) is 11.4 Å². The zero-order valence-electron chi connectivity index (χ0n) is 17.1. The van der Waals surface area contributed by atoms with Crippen molar-refractivity contribution in [2.24, 2.45) is 0 Å². The zero-order chi connectivity index (χ0) is 22.5. The van der Waals surface area contributed by atoms with Gasteiger partial charge in [-0.3, -0.25) is 14.2 Å². The van der Waals surface area contributed by atoms with Crippen molar-refractivity contribution in [2.45, 2.75) is 18.0 Å². The van der Waals surface area contributed by atoms with E-state index in [-0.39, 0.29) is 35.0 Å². The number of likely N-dealkylation sites (tertiary alicyclic amines) is 1. The largest absolute Gasteiger partial charge is 0.346 e. The molecule has 0 radical (unpaired) electrons. The number of hydrogen-bond acceptors (Lipinski definition) is 5. The first-order valence-electron chi connectivity index (χ1n) is 10.2. The van der Waals surface area contributed by atoms with Gasteiger partial charge in [0, 0.05) is 24.7 Å². The number of thioether (sulfide) groups is 1. The van der Waals surface area contributed by atoms with Crippen LogP contribution < -0.4 is 5.32 Å². The SMILES string of the molecule is O=C(CSc1nnc(-c2ccccc2)n1-c1ccc(F)cc1F)NCC(=O)N1CCCC1. The maximum Gasteiger partial charge on any atom is 0.241 e. The third-order valence-corrected chi connectivity index (χ3v) is 5.97. The van der Waals surface area contributed by atoms with Gasteiger partial charge >= 0.3 is 0 Å². The van der Waals surface area contributed by atoms with Crippen LogP contribution in [0.5, 0.6) is 0 Å². The maximum absolute atomic E-state index is 14.6. The number of halogens is 2. The standard InChI is InChI=1S/C22H21F2N5O2S/c23-16-8-9-18(17(24)12-16)29-21(15-6-2-1-3-7-15)26-27-22(29)32-14-19(30)25-13-20(31)28-10-4-5-11-28/h1-3,6-9,12H,4-5,10-11,13-14H2,(H,25,30). The predicted molar refractivity (Wildman–Crippen MR) is 116 cm³/mol. The molecule has 2 amide bonds. The summed E-state index contributed by atoms with van der Waals surface area (Å²) in [5.74, 6) is -1.60. The second-order valence-electron chi connectivity index (χ2n) is 7.26. The van der Waals surface area contributed by atoms with Crippen LogP contribution in [0.4, 0.5) is 8.78 Å². The quantitative estimate of drug-likeness (QED) is 0.552. The minimum absolute atomic E-state index is 0.0387. The lowest BCUT2D eigenvalue weighted by atomic mass is 10.2. The number of hydrogen-bond donors (Lipinski definition) is 1. The number of aromatic nitrogens is 3. The summed E-state index contributed by atoms with van der Waals surface area (Å²) in [6.45, 7) is 1.38. The first-order valence-corrected chi connectivity index (χ1v) is 11.1. The van der Waals surface area contributed by atoms with Crippen molar-refractivity contribution >= 4 is 23.6 Å². The normalized spacial score (nSPS) is 13.4. The number of amides is 2. The Bertz CT molecular complexity index is 1120. The summed E-state index contributed by atoms with van der Waals surface area (Å²) < 4.78 is 29.5. The van der Waals surface area contributed by atoms with Gasteiger partial charge in [0.1, 0.15) is 11.6 Å². The van der Waals surface area contributed by atoms with Gasteiger partial charge in [-0.25, -0.2) is 8.78 Å². The predicted octanol–water partition coefficient (Wildman–Crippen LogP) is 3.04. The lowest BCUT2D eigenvalue weighted by Gasteiger charge is -2.15. The van der Waals surface area contributed by atoms with Crippen LogP contribution in [0.25, 0.3) is 17.1 Å². The van der Waals surface area contributed by atoms with Gasteiger partial charge in [0.15, 0.2) is 11.0 Å². The highest BCUT2D eigenvalue weighted by atomic mass is 32.2. The molecule has 166 valence electrons. The van der Waals surface area contributed by atoms with Crippen LogP contribution in [0.3, 0.4) is 0 Å². The molecule has 1 aliphatic rings. The molecule has 0 bridgehead atoms. The molecule has 32 heavy (non-hydrogen) atoms. The summed E-state index contributed by atoms with van der Waals surface area (Å²) in [6, 6.07) is 12.3. The van der Waals surface area contributed by atoms with Gasteiger partial charge in [0.2, 0.25) is 11.8 Å². The summed E-state index contributed by atoms with van der Waals surface area (Å²) in [6.07, 6.45) is 1.96. The number of carbonyl (C=O) groups is 2. The molecule has 1 saturated heterocycles. The van der Waals surface area contributed by atoms with E-state index in [1.807, 2.05) is 18.2 Å². The number of benzene rings is 2. The highest BCUT2D eigenvalue weighted by Gasteiger charge is 2.21. The fourth-order valence-corrected chi connectivity index (χ4v) is 4.23. The third-order valence-electron chi connectivity index (χ3n) is 5.04. The van der Waals surface area contributed by atoms with E-state index in [4.69, 9.17) is 0 Å². The van der Waals surface area contributed by atoms with Crippen LogP contribution >= 0.6 is 11.8 Å². The van der Waals surface area contributed by atoms with Crippen LogP contribution in [0, 0.1) is 11.6 Å². The van der Waals surface area contributed by atoms with Crippen LogP contribution in [-0.4, -0.2) is 56.9 Å². The Hall–Kier alpha value is -3.27. The van der Waals surface area contributed by atoms with Crippen molar-refractivity contribution in [2.75, 3.05) is 25.4 Å². The van der Waals surface area contributed by atoms with Crippen molar-refractivity contribution < 1.29 is 18.4 Å². The summed E-state index contributed by atoms with van der Waals surface area (Å²) in [5.41, 5.74) is 0.763. The molecule has 4 rings (SSSR count). The van der Waals surface area contributed by atoms with E-state index in [1.54, 1.807) is 17.0 Å². The molecule has 0 atom stereocenters. The summed E-state index contributed by atoms with van der Waals surface area (Å²) >= 11 is 1.05. The van der Waals surface area contributed by atoms with Gasteiger partial charge in [-0.15, -0.1) is 10.2 Å². The Kier molecular flexibility index (Phi) is 6.79. The molecule has 3 aromatic rings. The molecule has 0 spiro atoms. The lowest BCUT2D eigenvalue weighted by Crippen LogP contribution is -2.39. The first kappa shape index (κ1) is 21.9. The molecule has 1 aliphatic heterocycles. The number of rotatable bonds is 7. The van der Waals surface area contributed by atoms with E-state index in [0.717, 1.165) is 49.8 Å². The highest BCUT2D eigenvalue weighted by Crippen LogP contribution is 2.29. The Morgan fingerprint density at radius 2 is 1.78 bits per heavy atom. The van der Waals surface area contributed by atoms with E-state index >= 15 is 0 Å². The van der Waals surface area contributed by atoms with Gasteiger partial charge in [-0.2, -0.15) is 0 Å². The molecule has 0 saturated carbocycles. The van der Waals surface area contributed by atoms with Gasteiger partial charge in [0.25, 0.3) is 0 Å². The van der Waals surface area contributed by atoms with Crippen molar-refractivity contribution in [3.05, 3.63) is 60.2 Å². The Morgan fingerprint density at radius 3 is 2.50 bits per heavy atom. The molecule has 1 fully saturated rings. The van der Waals surface area contributed by atoms with E-state index in [2.05, 4.69) is 15.5 Å². The average Bonchev–Trinajstić information content (AvgIpc) is 3.47. The average molecular weight is 458 g/mol. The van der Waals surface area contributed by atoms with Crippen LogP contribution in [0.15, 0.2) is 53.7 Å². The highest BCUT2D eigenvalue weighted by molar-refractivity contribution is 7.99. The minimum atomic E-state index is -0.774. The van der Waals surface area contributed by atoms with Crippen molar-refractivity contribution in [3.8, 4) is 17.1 Å². The summed E-state index contributed by atoms with van der Waals surface area (Å²) in [4.78, 5) is 26.1. The molecule has 2 heterocycles. The van der Waals surface area contributed by atoms with E-state index in [9.17, 15) is 18.4 Å². The third kappa shape index (κ3) is 4.96. The van der Waals surface area contributed by atoms with Gasteiger partial charge in [-0.1, -0.05) is 42.1 Å². The first-order chi connectivity index (χ1) is 15.5. The molecule has 0 aliphatic carbocycles. The monoisotopic (exact) mass is 457 g/mol. The molecule has 10 heteroatoms. The summed E-state index contributed by atoms with van der Waals surface area (Å²) in [5, 5.41) is 11.2. The Labute approximate surface area is 187 Å². The zero-order valence-corrected chi connectivity index (χ0v) is 17.9. The smallest absolute Gasteiger partial charge is 0.241 e. The fourth-order valence-electron chi connectivity index (χ4n) is 3.45. The molecular formula is C22H21F2N5O2S. The van der Waals surface area contributed by atoms with Crippen molar-refractivity contribution in [1.29, 1.82) is 0 Å². The van der Waals surface area contributed by atoms with E-state index < -0.39 is 11.6 Å². The van der Waals surface area contributed by atoms with Crippen molar-refractivity contribution in [1.82, 2.24) is 25.0 Å². The van der Waals surface area contributed by atoms with E-state index in [1.165, 1.54) is 10.6 Å². The van der Waals surface area contributed by atoms with Gasteiger partial charge < -0.3 is 10.2 Å². The molecule has 1 aromatic heterocycles.